The van der Waals surface area contributed by atoms with Gasteiger partial charge in [0.2, 0.25) is 5.95 Å². The molecule has 1 heterocycles. The number of hydrogen-bond donors (Lipinski definition) is 1. The van der Waals surface area contributed by atoms with Crippen LogP contribution in [0.2, 0.25) is 0 Å². The van der Waals surface area contributed by atoms with Gasteiger partial charge in [-0.2, -0.15) is 0 Å². The SMILES string of the molecule is Cc1cn(-c2ccccc2)c(NC(C)CS(C)(=O)=O)n1. The lowest BCUT2D eigenvalue weighted by Crippen LogP contribution is -2.26. The van der Waals surface area contributed by atoms with Gasteiger partial charge in [0, 0.05) is 24.2 Å². The second-order valence-corrected chi connectivity index (χ2v) is 7.23. The molecule has 2 rings (SSSR count). The number of hydrogen-bond acceptors (Lipinski definition) is 4. The fourth-order valence-electron chi connectivity index (χ4n) is 2.10. The standard InChI is InChI=1S/C14H19N3O2S/c1-11-9-17(13-7-5-4-6-8-13)14(15-11)16-12(2)10-20(3,18)19/h4-9,12H,10H2,1-3H3,(H,15,16). The highest BCUT2D eigenvalue weighted by molar-refractivity contribution is 7.90. The number of aromatic nitrogens is 2. The van der Waals surface area contributed by atoms with E-state index in [0.717, 1.165) is 11.4 Å². The van der Waals surface area contributed by atoms with E-state index in [-0.39, 0.29) is 11.8 Å². The van der Waals surface area contributed by atoms with Gasteiger partial charge in [-0.15, -0.1) is 0 Å². The Balaban J connectivity index is 2.25. The minimum absolute atomic E-state index is 0.0771. The molecule has 1 N–H and O–H groups in total. The molecule has 0 saturated heterocycles. The largest absolute Gasteiger partial charge is 0.352 e. The molecule has 6 heteroatoms. The molecule has 0 spiro atoms. The van der Waals surface area contributed by atoms with Crippen LogP contribution in [0.15, 0.2) is 36.5 Å². The van der Waals surface area contributed by atoms with Gasteiger partial charge in [0.15, 0.2) is 0 Å². The number of rotatable bonds is 5. The van der Waals surface area contributed by atoms with Gasteiger partial charge in [0.1, 0.15) is 9.84 Å². The van der Waals surface area contributed by atoms with Crippen LogP contribution >= 0.6 is 0 Å². The highest BCUT2D eigenvalue weighted by Gasteiger charge is 2.14. The summed E-state index contributed by atoms with van der Waals surface area (Å²) in [6.07, 6.45) is 3.16. The molecule has 0 amide bonds. The number of imidazole rings is 1. The van der Waals surface area contributed by atoms with Gasteiger partial charge < -0.3 is 5.32 Å². The summed E-state index contributed by atoms with van der Waals surface area (Å²) in [7, 11) is -3.01. The lowest BCUT2D eigenvalue weighted by molar-refractivity contribution is 0.597. The fraction of sp³-hybridized carbons (Fsp3) is 0.357. The summed E-state index contributed by atoms with van der Waals surface area (Å²) in [6.45, 7) is 3.74. The molecule has 2 aromatic rings. The van der Waals surface area contributed by atoms with Crippen LogP contribution in [0.25, 0.3) is 5.69 Å². The fourth-order valence-corrected chi connectivity index (χ4v) is 3.09. The van der Waals surface area contributed by atoms with Crippen LogP contribution in [-0.2, 0) is 9.84 Å². The molecule has 0 aliphatic rings. The van der Waals surface area contributed by atoms with Crippen molar-refractivity contribution in [1.29, 1.82) is 0 Å². The smallest absolute Gasteiger partial charge is 0.207 e. The Kier molecular flexibility index (Phi) is 4.13. The van der Waals surface area contributed by atoms with Crippen molar-refractivity contribution in [3.63, 3.8) is 0 Å². The molecular formula is C14H19N3O2S. The maximum Gasteiger partial charge on any atom is 0.207 e. The monoisotopic (exact) mass is 293 g/mol. The van der Waals surface area contributed by atoms with Crippen LogP contribution in [0.1, 0.15) is 12.6 Å². The third-order valence-electron chi connectivity index (χ3n) is 2.79. The minimum atomic E-state index is -3.01. The second-order valence-electron chi connectivity index (χ2n) is 5.05. The van der Waals surface area contributed by atoms with Gasteiger partial charge in [0.05, 0.1) is 11.4 Å². The van der Waals surface area contributed by atoms with E-state index in [4.69, 9.17) is 0 Å². The van der Waals surface area contributed by atoms with Gasteiger partial charge >= 0.3 is 0 Å². The number of nitrogens with zero attached hydrogens (tertiary/aromatic N) is 2. The summed E-state index contributed by atoms with van der Waals surface area (Å²) < 4.78 is 24.6. The lowest BCUT2D eigenvalue weighted by Gasteiger charge is -2.15. The Morgan fingerprint density at radius 3 is 2.55 bits per heavy atom. The first kappa shape index (κ1) is 14.6. The predicted octanol–water partition coefficient (Wildman–Crippen LogP) is 2.03. The van der Waals surface area contributed by atoms with Gasteiger partial charge in [-0.3, -0.25) is 4.57 Å². The third kappa shape index (κ3) is 3.84. The van der Waals surface area contributed by atoms with Crippen LogP contribution in [0.5, 0.6) is 0 Å². The van der Waals surface area contributed by atoms with E-state index in [1.54, 1.807) is 0 Å². The lowest BCUT2D eigenvalue weighted by atomic mass is 10.3. The van der Waals surface area contributed by atoms with E-state index >= 15 is 0 Å². The second kappa shape index (κ2) is 5.66. The average Bonchev–Trinajstić information content (AvgIpc) is 2.68. The van der Waals surface area contributed by atoms with Crippen molar-refractivity contribution in [1.82, 2.24) is 9.55 Å². The molecule has 5 nitrogen and oxygen atoms in total. The molecule has 20 heavy (non-hydrogen) atoms. The van der Waals surface area contributed by atoms with Crippen molar-refractivity contribution in [2.24, 2.45) is 0 Å². The highest BCUT2D eigenvalue weighted by atomic mass is 32.2. The zero-order chi connectivity index (χ0) is 14.8. The first-order valence-corrected chi connectivity index (χ1v) is 8.47. The topological polar surface area (TPSA) is 64.0 Å². The third-order valence-corrected chi connectivity index (χ3v) is 3.89. The Morgan fingerprint density at radius 2 is 1.95 bits per heavy atom. The molecule has 1 aromatic carbocycles. The van der Waals surface area contributed by atoms with E-state index in [0.29, 0.717) is 5.95 Å². The van der Waals surface area contributed by atoms with Crippen LogP contribution < -0.4 is 5.32 Å². The van der Waals surface area contributed by atoms with Crippen molar-refractivity contribution in [3.8, 4) is 5.69 Å². The van der Waals surface area contributed by atoms with E-state index in [1.165, 1.54) is 6.26 Å². The zero-order valence-corrected chi connectivity index (χ0v) is 12.7. The molecule has 0 aliphatic heterocycles. The first-order valence-electron chi connectivity index (χ1n) is 6.41. The van der Waals surface area contributed by atoms with Crippen molar-refractivity contribution in [3.05, 3.63) is 42.2 Å². The molecule has 1 unspecified atom stereocenters. The summed E-state index contributed by atoms with van der Waals surface area (Å²) in [4.78, 5) is 4.41. The minimum Gasteiger partial charge on any atom is -0.352 e. The predicted molar refractivity (Wildman–Crippen MR) is 81.1 cm³/mol. The van der Waals surface area contributed by atoms with Crippen LogP contribution in [0.4, 0.5) is 5.95 Å². The summed E-state index contributed by atoms with van der Waals surface area (Å²) in [6, 6.07) is 9.62. The van der Waals surface area contributed by atoms with Crippen molar-refractivity contribution >= 4 is 15.8 Å². The number of benzene rings is 1. The molecule has 0 aliphatic carbocycles. The normalized spacial score (nSPS) is 13.2. The van der Waals surface area contributed by atoms with Gasteiger partial charge in [-0.1, -0.05) is 18.2 Å². The maximum absolute atomic E-state index is 11.3. The number of sulfone groups is 1. The van der Waals surface area contributed by atoms with Crippen molar-refractivity contribution < 1.29 is 8.42 Å². The molecule has 0 radical (unpaired) electrons. The molecule has 0 fully saturated rings. The van der Waals surface area contributed by atoms with E-state index in [9.17, 15) is 8.42 Å². The summed E-state index contributed by atoms with van der Waals surface area (Å²) in [5, 5.41) is 3.16. The summed E-state index contributed by atoms with van der Waals surface area (Å²) in [5.74, 6) is 0.734. The van der Waals surface area contributed by atoms with Gasteiger partial charge in [0.25, 0.3) is 0 Å². The highest BCUT2D eigenvalue weighted by Crippen LogP contribution is 2.17. The van der Waals surface area contributed by atoms with Crippen LogP contribution in [0.3, 0.4) is 0 Å². The van der Waals surface area contributed by atoms with Crippen molar-refractivity contribution in [2.45, 2.75) is 19.9 Å². The molecule has 0 bridgehead atoms. The molecule has 1 atom stereocenters. The number of nitrogens with one attached hydrogen (secondary N) is 1. The Bertz CT molecular complexity index is 678. The van der Waals surface area contributed by atoms with Crippen LogP contribution in [-0.4, -0.2) is 36.0 Å². The zero-order valence-electron chi connectivity index (χ0n) is 11.9. The Morgan fingerprint density at radius 1 is 1.30 bits per heavy atom. The number of aryl methyl sites for hydroxylation is 1. The molecule has 108 valence electrons. The number of anilines is 1. The maximum atomic E-state index is 11.3. The summed E-state index contributed by atoms with van der Waals surface area (Å²) in [5.41, 5.74) is 1.87. The van der Waals surface area contributed by atoms with E-state index in [1.807, 2.05) is 54.9 Å². The molecule has 1 aromatic heterocycles. The van der Waals surface area contributed by atoms with Crippen molar-refractivity contribution in [2.75, 3.05) is 17.3 Å². The Labute approximate surface area is 119 Å². The Hall–Kier alpha value is -1.82. The number of para-hydroxylation sites is 1. The quantitative estimate of drug-likeness (QED) is 0.916. The van der Waals surface area contributed by atoms with Gasteiger partial charge in [-0.25, -0.2) is 13.4 Å². The average molecular weight is 293 g/mol. The first-order chi connectivity index (χ1) is 9.35. The molecular weight excluding hydrogens is 274 g/mol. The molecule has 0 saturated carbocycles. The van der Waals surface area contributed by atoms with Gasteiger partial charge in [-0.05, 0) is 26.0 Å². The van der Waals surface area contributed by atoms with E-state index in [2.05, 4.69) is 10.3 Å². The van der Waals surface area contributed by atoms with E-state index < -0.39 is 9.84 Å². The summed E-state index contributed by atoms with van der Waals surface area (Å²) >= 11 is 0. The van der Waals surface area contributed by atoms with Crippen LogP contribution in [0, 0.1) is 6.92 Å².